The number of aromatic hydroxyl groups is 1. The van der Waals surface area contributed by atoms with E-state index in [4.69, 9.17) is 16.3 Å². The fourth-order valence-corrected chi connectivity index (χ4v) is 4.67. The van der Waals surface area contributed by atoms with Gasteiger partial charge in [-0.2, -0.15) is 0 Å². The van der Waals surface area contributed by atoms with Crippen LogP contribution in [0.25, 0.3) is 0 Å². The molecular weight excluding hydrogens is 424 g/mol. The van der Waals surface area contributed by atoms with Gasteiger partial charge in [0.1, 0.15) is 0 Å². The first-order valence-electron chi connectivity index (χ1n) is 9.66. The molecule has 0 aromatic heterocycles. The van der Waals surface area contributed by atoms with E-state index < -0.39 is 22.3 Å². The van der Waals surface area contributed by atoms with E-state index in [0.717, 1.165) is 5.56 Å². The molecule has 0 saturated heterocycles. The van der Waals surface area contributed by atoms with Crippen LogP contribution in [-0.4, -0.2) is 28.8 Å². The second-order valence-electron chi connectivity index (χ2n) is 7.59. The van der Waals surface area contributed by atoms with Gasteiger partial charge in [0.25, 0.3) is 0 Å². The summed E-state index contributed by atoms with van der Waals surface area (Å²) < 4.78 is 5.07. The Hall–Kier alpha value is -3.39. The van der Waals surface area contributed by atoms with Gasteiger partial charge in [-0.25, -0.2) is 0 Å². The topological polar surface area (TPSA) is 119 Å². The molecule has 31 heavy (non-hydrogen) atoms. The number of hydrogen-bond acceptors (Lipinski definition) is 6. The van der Waals surface area contributed by atoms with Crippen LogP contribution in [0.2, 0.25) is 5.02 Å². The zero-order chi connectivity index (χ0) is 22.3. The predicted octanol–water partition coefficient (Wildman–Crippen LogP) is 3.97. The Morgan fingerprint density at radius 1 is 1.19 bits per heavy atom. The summed E-state index contributed by atoms with van der Waals surface area (Å²) in [4.78, 5) is 36.3. The summed E-state index contributed by atoms with van der Waals surface area (Å²) >= 11 is 6.31. The molecule has 2 N–H and O–H groups in total. The maximum Gasteiger partial charge on any atom is 0.314 e. The highest BCUT2D eigenvalue weighted by Gasteiger charge is 2.39. The number of nitro benzene ring substituents is 1. The fourth-order valence-electron chi connectivity index (χ4n) is 4.38. The minimum Gasteiger partial charge on any atom is -0.500 e. The van der Waals surface area contributed by atoms with E-state index in [2.05, 4.69) is 5.32 Å². The van der Waals surface area contributed by atoms with Crippen molar-refractivity contribution in [1.29, 1.82) is 0 Å². The first kappa shape index (κ1) is 20.9. The summed E-state index contributed by atoms with van der Waals surface area (Å²) in [5.41, 5.74) is 1.61. The minimum absolute atomic E-state index is 0.0353. The maximum absolute atomic E-state index is 13.2. The normalized spacial score (nSPS) is 20.8. The summed E-state index contributed by atoms with van der Waals surface area (Å²) in [5, 5.41) is 24.8. The highest BCUT2D eigenvalue weighted by atomic mass is 35.5. The third-order valence-corrected chi connectivity index (χ3v) is 6.12. The van der Waals surface area contributed by atoms with Gasteiger partial charge in [-0.05, 0) is 35.6 Å². The Balaban J connectivity index is 1.79. The zero-order valence-electron chi connectivity index (χ0n) is 16.6. The molecule has 1 heterocycles. The molecule has 0 bridgehead atoms. The predicted molar refractivity (Wildman–Crippen MR) is 112 cm³/mol. The van der Waals surface area contributed by atoms with Crippen molar-refractivity contribution in [2.75, 3.05) is 7.11 Å². The Kier molecular flexibility index (Phi) is 5.41. The molecule has 160 valence electrons. The summed E-state index contributed by atoms with van der Waals surface area (Å²) in [6, 6.07) is 9.91. The van der Waals surface area contributed by atoms with Crippen LogP contribution in [0.15, 0.2) is 47.7 Å². The third-order valence-electron chi connectivity index (χ3n) is 5.78. The Bertz CT molecular complexity index is 1140. The molecule has 0 radical (unpaired) electrons. The van der Waals surface area contributed by atoms with Gasteiger partial charge in [0.2, 0.25) is 11.7 Å². The molecule has 4 rings (SSSR count). The lowest BCUT2D eigenvalue weighted by Crippen LogP contribution is -2.38. The van der Waals surface area contributed by atoms with Crippen LogP contribution < -0.4 is 10.1 Å². The lowest BCUT2D eigenvalue weighted by Gasteiger charge is -2.34. The minimum atomic E-state index is -0.727. The van der Waals surface area contributed by atoms with E-state index in [1.807, 2.05) is 18.2 Å². The summed E-state index contributed by atoms with van der Waals surface area (Å²) in [6.07, 6.45) is 0.600. The molecule has 8 nitrogen and oxygen atoms in total. The van der Waals surface area contributed by atoms with Crippen LogP contribution in [0, 0.1) is 10.1 Å². The Morgan fingerprint density at radius 3 is 2.61 bits per heavy atom. The number of nitrogens with zero attached hydrogens (tertiary/aromatic N) is 1. The second-order valence-corrected chi connectivity index (χ2v) is 8.00. The van der Waals surface area contributed by atoms with Crippen LogP contribution in [-0.2, 0) is 9.59 Å². The second kappa shape index (κ2) is 8.03. The van der Waals surface area contributed by atoms with Crippen molar-refractivity contribution in [3.63, 3.8) is 0 Å². The summed E-state index contributed by atoms with van der Waals surface area (Å²) in [5.74, 6) is -1.97. The summed E-state index contributed by atoms with van der Waals surface area (Å²) in [7, 11) is 1.28. The average molecular weight is 443 g/mol. The molecule has 1 aliphatic heterocycles. The van der Waals surface area contributed by atoms with Gasteiger partial charge in [0.05, 0.1) is 12.0 Å². The number of phenolic OH excluding ortho intramolecular Hbond substituents is 1. The molecule has 2 atom stereocenters. The van der Waals surface area contributed by atoms with Gasteiger partial charge in [-0.1, -0.05) is 29.8 Å². The van der Waals surface area contributed by atoms with Crippen molar-refractivity contribution >= 4 is 29.0 Å². The number of nitro groups is 1. The number of Topliss-reactive ketones (excluding diaryl/α,β-unsaturated/α-hetero) is 1. The summed E-state index contributed by atoms with van der Waals surface area (Å²) in [6.45, 7) is 0. The quantitative estimate of drug-likeness (QED) is 0.546. The van der Waals surface area contributed by atoms with Gasteiger partial charge in [-0.3, -0.25) is 19.7 Å². The molecule has 0 fully saturated rings. The number of phenols is 1. The van der Waals surface area contributed by atoms with E-state index in [1.54, 1.807) is 6.07 Å². The lowest BCUT2D eigenvalue weighted by molar-refractivity contribution is -0.386. The van der Waals surface area contributed by atoms with Gasteiger partial charge < -0.3 is 15.2 Å². The van der Waals surface area contributed by atoms with E-state index in [9.17, 15) is 24.8 Å². The number of allylic oxidation sites excluding steroid dienone is 2. The number of ether oxygens (including phenoxy) is 1. The largest absolute Gasteiger partial charge is 0.500 e. The van der Waals surface area contributed by atoms with Crippen LogP contribution in [0.3, 0.4) is 0 Å². The number of carbonyl (C=O) groups excluding carboxylic acids is 2. The van der Waals surface area contributed by atoms with E-state index >= 15 is 0 Å². The zero-order valence-corrected chi connectivity index (χ0v) is 17.3. The van der Waals surface area contributed by atoms with E-state index in [-0.39, 0.29) is 36.2 Å². The Labute approximate surface area is 182 Å². The van der Waals surface area contributed by atoms with Crippen LogP contribution >= 0.6 is 11.6 Å². The molecule has 2 aromatic rings. The number of benzene rings is 2. The van der Waals surface area contributed by atoms with Crippen molar-refractivity contribution < 1.29 is 24.4 Å². The SMILES string of the molecule is COc1cc(C2CC(=O)NC3=C2C(=O)CC(c2ccccc2Cl)C3)cc([N+](=O)[O-])c1O. The molecule has 2 unspecified atom stereocenters. The van der Waals surface area contributed by atoms with Crippen molar-refractivity contribution in [3.05, 3.63) is 73.9 Å². The molecule has 9 heteroatoms. The van der Waals surface area contributed by atoms with Crippen molar-refractivity contribution in [2.45, 2.75) is 31.1 Å². The van der Waals surface area contributed by atoms with Crippen LogP contribution in [0.1, 0.15) is 42.2 Å². The number of rotatable bonds is 4. The third kappa shape index (κ3) is 3.74. The van der Waals surface area contributed by atoms with Crippen LogP contribution in [0.4, 0.5) is 5.69 Å². The molecule has 0 saturated carbocycles. The molecular formula is C22H19ClN2O6. The smallest absolute Gasteiger partial charge is 0.314 e. The van der Waals surface area contributed by atoms with Gasteiger partial charge in [0.15, 0.2) is 11.5 Å². The molecule has 1 aliphatic carbocycles. The highest BCUT2D eigenvalue weighted by molar-refractivity contribution is 6.31. The molecule has 2 aliphatic rings. The average Bonchev–Trinajstić information content (AvgIpc) is 2.73. The first-order chi connectivity index (χ1) is 14.8. The lowest BCUT2D eigenvalue weighted by atomic mass is 9.73. The highest BCUT2D eigenvalue weighted by Crippen LogP contribution is 2.46. The van der Waals surface area contributed by atoms with E-state index in [1.165, 1.54) is 19.2 Å². The Morgan fingerprint density at radius 2 is 1.94 bits per heavy atom. The number of methoxy groups -OCH3 is 1. The standard InChI is InChI=1S/C22H19ClN2O6/c1-31-19-9-12(7-17(22(19)28)25(29)30)14-10-20(27)24-16-6-11(8-18(26)21(14)16)13-4-2-3-5-15(13)23/h2-5,7,9,11,14,28H,6,8,10H2,1H3,(H,24,27). The molecule has 0 spiro atoms. The van der Waals surface area contributed by atoms with Gasteiger partial charge in [0, 0.05) is 41.1 Å². The van der Waals surface area contributed by atoms with Crippen molar-refractivity contribution in [1.82, 2.24) is 5.32 Å². The number of amides is 1. The molecule has 2 aromatic carbocycles. The first-order valence-corrected chi connectivity index (χ1v) is 10.0. The number of halogens is 1. The fraction of sp³-hybridized carbons (Fsp3) is 0.273. The number of hydrogen-bond donors (Lipinski definition) is 2. The van der Waals surface area contributed by atoms with Crippen molar-refractivity contribution in [3.8, 4) is 11.5 Å². The molecule has 1 amide bonds. The number of nitrogens with one attached hydrogen (secondary N) is 1. The maximum atomic E-state index is 13.2. The monoisotopic (exact) mass is 442 g/mol. The van der Waals surface area contributed by atoms with Gasteiger partial charge in [-0.15, -0.1) is 0 Å². The van der Waals surface area contributed by atoms with E-state index in [0.29, 0.717) is 28.3 Å². The number of carbonyl (C=O) groups is 2. The number of ketones is 1. The van der Waals surface area contributed by atoms with Crippen LogP contribution in [0.5, 0.6) is 11.5 Å². The van der Waals surface area contributed by atoms with Crippen molar-refractivity contribution in [2.24, 2.45) is 0 Å². The van der Waals surface area contributed by atoms with Gasteiger partial charge >= 0.3 is 5.69 Å².